The molecule has 3 rings (SSSR count). The number of ether oxygens (including phenoxy) is 1. The fourth-order valence-corrected chi connectivity index (χ4v) is 2.66. The fraction of sp³-hybridized carbons (Fsp3) is 0.0714. The zero-order valence-electron chi connectivity index (χ0n) is 11.2. The van der Waals surface area contributed by atoms with E-state index in [0.717, 1.165) is 16.2 Å². The van der Waals surface area contributed by atoms with Gasteiger partial charge in [0.2, 0.25) is 4.77 Å². The van der Waals surface area contributed by atoms with E-state index in [-0.39, 0.29) is 0 Å². The maximum absolute atomic E-state index is 5.22. The second-order valence-electron chi connectivity index (χ2n) is 4.16. The topological polar surface area (TPSA) is 55.2 Å². The molecule has 0 aliphatic heterocycles. The molecule has 0 atom stereocenters. The Balaban J connectivity index is 1.92. The molecule has 0 saturated carbocycles. The highest BCUT2D eigenvalue weighted by atomic mass is 32.1. The highest BCUT2D eigenvalue weighted by Gasteiger charge is 2.08. The van der Waals surface area contributed by atoms with Gasteiger partial charge in [0.25, 0.3) is 0 Å². The Morgan fingerprint density at radius 3 is 2.81 bits per heavy atom. The van der Waals surface area contributed by atoms with Crippen molar-refractivity contribution in [3.05, 3.63) is 52.1 Å². The molecule has 2 heterocycles. The standard InChI is InChI=1S/C14H12N4OS2/c1-19-11-6-4-10(5-7-11)9-15-18-13(16-17-14(18)20)12-3-2-8-21-12/h2-9H,1H3,(H,17,20)/b15-9-. The van der Waals surface area contributed by atoms with Crippen molar-refractivity contribution in [3.8, 4) is 16.5 Å². The highest BCUT2D eigenvalue weighted by Crippen LogP contribution is 2.22. The van der Waals surface area contributed by atoms with Crippen molar-refractivity contribution in [1.82, 2.24) is 14.9 Å². The van der Waals surface area contributed by atoms with Crippen molar-refractivity contribution in [2.75, 3.05) is 7.11 Å². The zero-order valence-corrected chi connectivity index (χ0v) is 12.8. The van der Waals surface area contributed by atoms with E-state index in [2.05, 4.69) is 15.3 Å². The quantitative estimate of drug-likeness (QED) is 0.591. The van der Waals surface area contributed by atoms with Crippen LogP contribution in [0.2, 0.25) is 0 Å². The lowest BCUT2D eigenvalue weighted by molar-refractivity contribution is 0.415. The van der Waals surface area contributed by atoms with Gasteiger partial charge >= 0.3 is 0 Å². The van der Waals surface area contributed by atoms with E-state index < -0.39 is 0 Å². The van der Waals surface area contributed by atoms with E-state index in [4.69, 9.17) is 17.0 Å². The third kappa shape index (κ3) is 2.93. The third-order valence-electron chi connectivity index (χ3n) is 2.83. The van der Waals surface area contributed by atoms with Crippen molar-refractivity contribution < 1.29 is 4.74 Å². The number of methoxy groups -OCH3 is 1. The van der Waals surface area contributed by atoms with E-state index in [1.54, 1.807) is 29.3 Å². The fourth-order valence-electron chi connectivity index (χ4n) is 1.78. The van der Waals surface area contributed by atoms with E-state index in [1.807, 2.05) is 41.8 Å². The monoisotopic (exact) mass is 316 g/mol. The van der Waals surface area contributed by atoms with Gasteiger partial charge in [-0.05, 0) is 53.5 Å². The second-order valence-corrected chi connectivity index (χ2v) is 5.49. The molecule has 0 fully saturated rings. The van der Waals surface area contributed by atoms with Gasteiger partial charge in [0.15, 0.2) is 5.82 Å². The molecule has 0 amide bonds. The maximum atomic E-state index is 5.22. The number of benzene rings is 1. The van der Waals surface area contributed by atoms with Crippen molar-refractivity contribution in [1.29, 1.82) is 0 Å². The summed E-state index contributed by atoms with van der Waals surface area (Å²) in [6.07, 6.45) is 1.74. The molecule has 0 unspecified atom stereocenters. The number of aromatic amines is 1. The first-order valence-electron chi connectivity index (χ1n) is 6.17. The normalized spacial score (nSPS) is 11.1. The number of nitrogens with zero attached hydrogens (tertiary/aromatic N) is 3. The molecule has 0 saturated heterocycles. The summed E-state index contributed by atoms with van der Waals surface area (Å²) < 4.78 is 7.20. The van der Waals surface area contributed by atoms with E-state index in [0.29, 0.717) is 10.6 Å². The number of hydrogen-bond donors (Lipinski definition) is 1. The molecule has 3 aromatic rings. The summed E-state index contributed by atoms with van der Waals surface area (Å²) in [7, 11) is 1.64. The van der Waals surface area contributed by atoms with Gasteiger partial charge < -0.3 is 4.74 Å². The summed E-state index contributed by atoms with van der Waals surface area (Å²) in [6, 6.07) is 11.6. The van der Waals surface area contributed by atoms with Gasteiger partial charge in [-0.2, -0.15) is 14.9 Å². The van der Waals surface area contributed by atoms with Gasteiger partial charge in [-0.3, -0.25) is 0 Å². The Bertz CT molecular complexity index is 800. The summed E-state index contributed by atoms with van der Waals surface area (Å²) in [6.45, 7) is 0. The average molecular weight is 316 g/mol. The molecule has 0 aliphatic rings. The molecule has 1 N–H and O–H groups in total. The van der Waals surface area contributed by atoms with Crippen molar-refractivity contribution in [2.24, 2.45) is 5.10 Å². The molecule has 2 aromatic heterocycles. The van der Waals surface area contributed by atoms with Crippen LogP contribution in [-0.2, 0) is 0 Å². The van der Waals surface area contributed by atoms with E-state index in [9.17, 15) is 0 Å². The Morgan fingerprint density at radius 2 is 2.14 bits per heavy atom. The zero-order chi connectivity index (χ0) is 14.7. The number of hydrogen-bond acceptors (Lipinski definition) is 5. The molecule has 5 nitrogen and oxygen atoms in total. The van der Waals surface area contributed by atoms with E-state index in [1.165, 1.54) is 0 Å². The summed E-state index contributed by atoms with van der Waals surface area (Å²) >= 11 is 6.81. The summed E-state index contributed by atoms with van der Waals surface area (Å²) in [4.78, 5) is 1.01. The van der Waals surface area contributed by atoms with Gasteiger partial charge in [-0.1, -0.05) is 6.07 Å². The van der Waals surface area contributed by atoms with Crippen LogP contribution in [0.3, 0.4) is 0 Å². The van der Waals surface area contributed by atoms with Crippen LogP contribution < -0.4 is 4.74 Å². The average Bonchev–Trinajstić information content (AvgIpc) is 3.15. The molecule has 0 radical (unpaired) electrons. The van der Waals surface area contributed by atoms with Crippen LogP contribution in [0, 0.1) is 4.77 Å². The van der Waals surface area contributed by atoms with Gasteiger partial charge in [0.1, 0.15) is 5.75 Å². The lowest BCUT2D eigenvalue weighted by Gasteiger charge is -2.00. The van der Waals surface area contributed by atoms with E-state index >= 15 is 0 Å². The Kier molecular flexibility index (Phi) is 3.94. The molecule has 1 aromatic carbocycles. The first-order valence-corrected chi connectivity index (χ1v) is 7.46. The number of nitrogens with one attached hydrogen (secondary N) is 1. The van der Waals surface area contributed by atoms with Crippen molar-refractivity contribution >= 4 is 29.8 Å². The lowest BCUT2D eigenvalue weighted by Crippen LogP contribution is -1.94. The number of H-pyrrole nitrogens is 1. The summed E-state index contributed by atoms with van der Waals surface area (Å²) in [5.74, 6) is 1.52. The van der Waals surface area contributed by atoms with Crippen molar-refractivity contribution in [3.63, 3.8) is 0 Å². The first-order chi connectivity index (χ1) is 10.3. The number of rotatable bonds is 4. The Labute approximate surface area is 130 Å². The minimum Gasteiger partial charge on any atom is -0.497 e. The molecular formula is C14H12N4OS2. The van der Waals surface area contributed by atoms with Crippen LogP contribution >= 0.6 is 23.6 Å². The molecule has 21 heavy (non-hydrogen) atoms. The van der Waals surface area contributed by atoms with Crippen LogP contribution in [0.15, 0.2) is 46.9 Å². The number of thiophene rings is 1. The highest BCUT2D eigenvalue weighted by molar-refractivity contribution is 7.71. The van der Waals surface area contributed by atoms with Crippen molar-refractivity contribution in [2.45, 2.75) is 0 Å². The van der Waals surface area contributed by atoms with Gasteiger partial charge in [-0.15, -0.1) is 11.3 Å². The lowest BCUT2D eigenvalue weighted by atomic mass is 10.2. The van der Waals surface area contributed by atoms with Crippen LogP contribution in [0.5, 0.6) is 5.75 Å². The molecule has 0 aliphatic carbocycles. The predicted molar refractivity (Wildman–Crippen MR) is 86.7 cm³/mol. The molecule has 0 spiro atoms. The van der Waals surface area contributed by atoms with Crippen LogP contribution in [0.1, 0.15) is 5.56 Å². The predicted octanol–water partition coefficient (Wildman–Crippen LogP) is 3.56. The van der Waals surface area contributed by atoms with Gasteiger partial charge in [0.05, 0.1) is 18.2 Å². The second kappa shape index (κ2) is 6.02. The summed E-state index contributed by atoms with van der Waals surface area (Å²) in [5, 5.41) is 13.4. The Hall–Kier alpha value is -2.25. The molecular weight excluding hydrogens is 304 g/mol. The minimum atomic E-state index is 0.461. The van der Waals surface area contributed by atoms with Gasteiger partial charge in [0, 0.05) is 0 Å². The maximum Gasteiger partial charge on any atom is 0.216 e. The third-order valence-corrected chi connectivity index (χ3v) is 3.96. The summed E-state index contributed by atoms with van der Waals surface area (Å²) in [5.41, 5.74) is 0.955. The largest absolute Gasteiger partial charge is 0.497 e. The molecule has 0 bridgehead atoms. The smallest absolute Gasteiger partial charge is 0.216 e. The first kappa shape index (κ1) is 13.7. The number of aromatic nitrogens is 3. The van der Waals surface area contributed by atoms with Crippen LogP contribution in [0.25, 0.3) is 10.7 Å². The van der Waals surface area contributed by atoms with Crippen LogP contribution in [0.4, 0.5) is 0 Å². The van der Waals surface area contributed by atoms with Crippen LogP contribution in [-0.4, -0.2) is 28.2 Å². The van der Waals surface area contributed by atoms with Gasteiger partial charge in [-0.25, -0.2) is 5.10 Å². The molecule has 106 valence electrons. The Morgan fingerprint density at radius 1 is 1.33 bits per heavy atom. The minimum absolute atomic E-state index is 0.461. The molecule has 7 heteroatoms. The SMILES string of the molecule is COc1ccc(/C=N\n2c(-c3cccs3)n[nH]c2=S)cc1.